The highest BCUT2D eigenvalue weighted by Crippen LogP contribution is 2.25. The van der Waals surface area contributed by atoms with Crippen LogP contribution in [0.1, 0.15) is 25.7 Å². The van der Waals surface area contributed by atoms with E-state index < -0.39 is 0 Å². The van der Waals surface area contributed by atoms with Crippen molar-refractivity contribution in [3.8, 4) is 0 Å². The lowest BCUT2D eigenvalue weighted by atomic mass is 10.2. The molecule has 3 nitrogen and oxygen atoms in total. The third kappa shape index (κ3) is 1.19. The number of rotatable bonds is 1. The highest BCUT2D eigenvalue weighted by molar-refractivity contribution is 5.69. The Hall–Kier alpha value is -0.730. The SMILES string of the molecule is O=C1OCCN1C1CCCC1. The summed E-state index contributed by atoms with van der Waals surface area (Å²) in [6, 6.07) is 0.491. The Labute approximate surface area is 66.3 Å². The summed E-state index contributed by atoms with van der Waals surface area (Å²) in [6.07, 6.45) is 4.80. The third-order valence-corrected chi connectivity index (χ3v) is 2.56. The van der Waals surface area contributed by atoms with E-state index in [9.17, 15) is 4.79 Å². The van der Waals surface area contributed by atoms with Gasteiger partial charge in [-0.1, -0.05) is 12.8 Å². The van der Waals surface area contributed by atoms with E-state index in [1.807, 2.05) is 4.90 Å². The van der Waals surface area contributed by atoms with Gasteiger partial charge in [0.2, 0.25) is 0 Å². The lowest BCUT2D eigenvalue weighted by Crippen LogP contribution is -2.33. The van der Waals surface area contributed by atoms with Gasteiger partial charge in [0.1, 0.15) is 6.61 Å². The number of cyclic esters (lactones) is 1. The van der Waals surface area contributed by atoms with Crippen molar-refractivity contribution in [3.63, 3.8) is 0 Å². The van der Waals surface area contributed by atoms with E-state index in [0.717, 1.165) is 6.54 Å². The standard InChI is InChI=1S/C8H13NO2/c10-8-9(5-6-11-8)7-3-1-2-4-7/h7H,1-6H2. The molecule has 1 saturated carbocycles. The van der Waals surface area contributed by atoms with Crippen LogP contribution in [0.25, 0.3) is 0 Å². The number of nitrogens with zero attached hydrogens (tertiary/aromatic N) is 1. The molecule has 1 saturated heterocycles. The van der Waals surface area contributed by atoms with Crippen LogP contribution in [0, 0.1) is 0 Å². The zero-order valence-electron chi connectivity index (χ0n) is 6.58. The van der Waals surface area contributed by atoms with Gasteiger partial charge in [0.15, 0.2) is 0 Å². The van der Waals surface area contributed by atoms with E-state index in [1.54, 1.807) is 0 Å². The zero-order chi connectivity index (χ0) is 7.68. The number of amides is 1. The Bertz CT molecular complexity index is 163. The minimum atomic E-state index is -0.100. The average molecular weight is 155 g/mol. The highest BCUT2D eigenvalue weighted by Gasteiger charge is 2.31. The van der Waals surface area contributed by atoms with Gasteiger partial charge in [0.05, 0.1) is 6.54 Å². The van der Waals surface area contributed by atoms with Gasteiger partial charge in [-0.2, -0.15) is 0 Å². The van der Waals surface area contributed by atoms with Crippen molar-refractivity contribution in [1.82, 2.24) is 4.90 Å². The number of carbonyl (C=O) groups excluding carboxylic acids is 1. The van der Waals surface area contributed by atoms with Crippen LogP contribution in [-0.4, -0.2) is 30.2 Å². The minimum Gasteiger partial charge on any atom is -0.448 e. The molecule has 1 amide bonds. The van der Waals surface area contributed by atoms with Gasteiger partial charge in [0, 0.05) is 6.04 Å². The van der Waals surface area contributed by atoms with Gasteiger partial charge in [-0.3, -0.25) is 0 Å². The van der Waals surface area contributed by atoms with Gasteiger partial charge in [-0.15, -0.1) is 0 Å². The van der Waals surface area contributed by atoms with Gasteiger partial charge < -0.3 is 9.64 Å². The summed E-state index contributed by atoms with van der Waals surface area (Å²) in [6.45, 7) is 1.40. The van der Waals surface area contributed by atoms with E-state index in [4.69, 9.17) is 4.74 Å². The fraction of sp³-hybridized carbons (Fsp3) is 0.875. The number of hydrogen-bond donors (Lipinski definition) is 0. The molecule has 2 fully saturated rings. The molecule has 0 N–H and O–H groups in total. The molecule has 0 unspecified atom stereocenters. The van der Waals surface area contributed by atoms with E-state index in [1.165, 1.54) is 25.7 Å². The van der Waals surface area contributed by atoms with Crippen LogP contribution in [0.15, 0.2) is 0 Å². The summed E-state index contributed by atoms with van der Waals surface area (Å²) in [5.74, 6) is 0. The van der Waals surface area contributed by atoms with E-state index >= 15 is 0 Å². The van der Waals surface area contributed by atoms with Crippen molar-refractivity contribution in [2.45, 2.75) is 31.7 Å². The van der Waals surface area contributed by atoms with Gasteiger partial charge >= 0.3 is 6.09 Å². The third-order valence-electron chi connectivity index (χ3n) is 2.56. The Kier molecular flexibility index (Phi) is 1.72. The molecule has 0 bridgehead atoms. The van der Waals surface area contributed by atoms with Crippen LogP contribution in [-0.2, 0) is 4.74 Å². The number of ether oxygens (including phenoxy) is 1. The molecule has 3 heteroatoms. The molecule has 1 aliphatic heterocycles. The lowest BCUT2D eigenvalue weighted by molar-refractivity contribution is 0.148. The Balaban J connectivity index is 1.97. The largest absolute Gasteiger partial charge is 0.448 e. The summed E-state index contributed by atoms with van der Waals surface area (Å²) >= 11 is 0. The van der Waals surface area contributed by atoms with Crippen molar-refractivity contribution >= 4 is 6.09 Å². The first-order chi connectivity index (χ1) is 5.38. The summed E-state index contributed by atoms with van der Waals surface area (Å²) in [5, 5.41) is 0. The van der Waals surface area contributed by atoms with E-state index in [0.29, 0.717) is 12.6 Å². The minimum absolute atomic E-state index is 0.100. The second-order valence-corrected chi connectivity index (χ2v) is 3.25. The van der Waals surface area contributed by atoms with Gasteiger partial charge in [0.25, 0.3) is 0 Å². The molecule has 0 aromatic rings. The Morgan fingerprint density at radius 2 is 2.09 bits per heavy atom. The summed E-state index contributed by atoms with van der Waals surface area (Å²) in [5.41, 5.74) is 0. The Morgan fingerprint density at radius 3 is 2.64 bits per heavy atom. The zero-order valence-corrected chi connectivity index (χ0v) is 6.58. The maximum absolute atomic E-state index is 11.1. The first kappa shape index (κ1) is 6.95. The predicted octanol–water partition coefficient (Wildman–Crippen LogP) is 1.38. The monoisotopic (exact) mass is 155 g/mol. The molecule has 2 rings (SSSR count). The molecule has 2 aliphatic rings. The molecule has 0 aromatic carbocycles. The van der Waals surface area contributed by atoms with E-state index in [2.05, 4.69) is 0 Å². The lowest BCUT2D eigenvalue weighted by Gasteiger charge is -2.19. The maximum atomic E-state index is 11.1. The summed E-state index contributed by atoms with van der Waals surface area (Å²) < 4.78 is 4.86. The summed E-state index contributed by atoms with van der Waals surface area (Å²) in [7, 11) is 0. The van der Waals surface area contributed by atoms with Crippen molar-refractivity contribution < 1.29 is 9.53 Å². The average Bonchev–Trinajstić information content (AvgIpc) is 2.55. The molecule has 1 heterocycles. The molecule has 0 aromatic heterocycles. The normalized spacial score (nSPS) is 26.2. The topological polar surface area (TPSA) is 29.5 Å². The van der Waals surface area contributed by atoms with Gasteiger partial charge in [-0.05, 0) is 12.8 Å². The van der Waals surface area contributed by atoms with E-state index in [-0.39, 0.29) is 6.09 Å². The van der Waals surface area contributed by atoms with Gasteiger partial charge in [-0.25, -0.2) is 4.79 Å². The van der Waals surface area contributed by atoms with Crippen LogP contribution in [0.2, 0.25) is 0 Å². The fourth-order valence-corrected chi connectivity index (χ4v) is 1.95. The van der Waals surface area contributed by atoms with Crippen LogP contribution >= 0.6 is 0 Å². The molecule has 0 atom stereocenters. The number of hydrogen-bond acceptors (Lipinski definition) is 2. The van der Waals surface area contributed by atoms with Crippen molar-refractivity contribution in [2.75, 3.05) is 13.2 Å². The molecule has 11 heavy (non-hydrogen) atoms. The molecule has 0 radical (unpaired) electrons. The van der Waals surface area contributed by atoms with Crippen LogP contribution in [0.3, 0.4) is 0 Å². The van der Waals surface area contributed by atoms with Crippen LogP contribution < -0.4 is 0 Å². The van der Waals surface area contributed by atoms with Crippen molar-refractivity contribution in [3.05, 3.63) is 0 Å². The Morgan fingerprint density at radius 1 is 1.36 bits per heavy atom. The second-order valence-electron chi connectivity index (χ2n) is 3.25. The molecule has 62 valence electrons. The first-order valence-corrected chi connectivity index (χ1v) is 4.31. The second kappa shape index (κ2) is 2.72. The van der Waals surface area contributed by atoms with Crippen molar-refractivity contribution in [2.24, 2.45) is 0 Å². The molecular formula is C8H13NO2. The number of carbonyl (C=O) groups is 1. The molecular weight excluding hydrogens is 142 g/mol. The van der Waals surface area contributed by atoms with Crippen molar-refractivity contribution in [1.29, 1.82) is 0 Å². The first-order valence-electron chi connectivity index (χ1n) is 4.31. The van der Waals surface area contributed by atoms with Crippen LogP contribution in [0.4, 0.5) is 4.79 Å². The molecule has 0 spiro atoms. The maximum Gasteiger partial charge on any atom is 0.410 e. The smallest absolute Gasteiger partial charge is 0.410 e. The highest BCUT2D eigenvalue weighted by atomic mass is 16.6. The van der Waals surface area contributed by atoms with Crippen LogP contribution in [0.5, 0.6) is 0 Å². The fourth-order valence-electron chi connectivity index (χ4n) is 1.95. The predicted molar refractivity (Wildman–Crippen MR) is 40.3 cm³/mol. The quantitative estimate of drug-likeness (QED) is 0.572. The molecule has 1 aliphatic carbocycles. The summed E-state index contributed by atoms with van der Waals surface area (Å²) in [4.78, 5) is 12.9.